The van der Waals surface area contributed by atoms with Gasteiger partial charge in [-0.05, 0) is 38.0 Å². The minimum atomic E-state index is -0.464. The molecule has 2 nitrogen and oxygen atoms in total. The summed E-state index contributed by atoms with van der Waals surface area (Å²) in [5.74, 6) is 0.284. The molecule has 0 aliphatic rings. The van der Waals surface area contributed by atoms with Crippen LogP contribution >= 0.6 is 0 Å². The van der Waals surface area contributed by atoms with Gasteiger partial charge in [-0.2, -0.15) is 0 Å². The van der Waals surface area contributed by atoms with Crippen LogP contribution in [0.15, 0.2) is 83.9 Å². The summed E-state index contributed by atoms with van der Waals surface area (Å²) in [7, 11) is 0. The maximum Gasteiger partial charge on any atom is 0.128 e. The maximum atomic E-state index is 11.1. The van der Waals surface area contributed by atoms with E-state index in [0.717, 1.165) is 22.3 Å². The molecule has 3 rings (SSSR count). The maximum absolute atomic E-state index is 11.1. The van der Waals surface area contributed by atoms with E-state index in [2.05, 4.69) is 36.2 Å². The Bertz CT molecular complexity index is 843. The van der Waals surface area contributed by atoms with Crippen molar-refractivity contribution in [2.75, 3.05) is 0 Å². The predicted octanol–water partition coefficient (Wildman–Crippen LogP) is 5.57. The fraction of sp³-hybridized carbons (Fsp3) is 0.208. The van der Waals surface area contributed by atoms with E-state index in [4.69, 9.17) is 0 Å². The summed E-state index contributed by atoms with van der Waals surface area (Å²) in [4.78, 5) is 4.44. The van der Waals surface area contributed by atoms with Crippen LogP contribution in [0.2, 0.25) is 0 Å². The van der Waals surface area contributed by atoms with Crippen molar-refractivity contribution in [1.82, 2.24) is 0 Å². The molecule has 132 valence electrons. The first-order valence-electron chi connectivity index (χ1n) is 9.00. The summed E-state index contributed by atoms with van der Waals surface area (Å²) in [5.41, 5.74) is 3.43. The smallest absolute Gasteiger partial charge is 0.128 e. The number of aromatic hydroxyl groups is 1. The molecule has 0 amide bonds. The third-order valence-corrected chi connectivity index (χ3v) is 4.82. The monoisotopic (exact) mass is 343 g/mol. The van der Waals surface area contributed by atoms with Crippen molar-refractivity contribution >= 4 is 6.21 Å². The van der Waals surface area contributed by atoms with Gasteiger partial charge in [-0.3, -0.25) is 4.99 Å². The van der Waals surface area contributed by atoms with Gasteiger partial charge in [0.2, 0.25) is 0 Å². The van der Waals surface area contributed by atoms with Crippen LogP contribution in [-0.4, -0.2) is 17.4 Å². The Labute approximate surface area is 155 Å². The predicted molar refractivity (Wildman–Crippen MR) is 109 cm³/mol. The zero-order valence-corrected chi connectivity index (χ0v) is 15.6. The van der Waals surface area contributed by atoms with Crippen molar-refractivity contribution in [3.63, 3.8) is 0 Å². The van der Waals surface area contributed by atoms with E-state index in [1.807, 2.05) is 68.4 Å². The molecule has 0 aliphatic heterocycles. The number of hydrogen-bond donors (Lipinski definition) is 1. The van der Waals surface area contributed by atoms with E-state index in [9.17, 15) is 5.11 Å². The number of phenols is 1. The summed E-state index contributed by atoms with van der Waals surface area (Å²) in [6, 6.07) is 26.7. The fourth-order valence-electron chi connectivity index (χ4n) is 3.32. The van der Waals surface area contributed by atoms with Gasteiger partial charge >= 0.3 is 0 Å². The fourth-order valence-corrected chi connectivity index (χ4v) is 3.32. The molecule has 0 saturated carbocycles. The molecule has 0 spiro atoms. The molecule has 0 unspecified atom stereocenters. The average Bonchev–Trinajstić information content (AvgIpc) is 2.68. The SMILES string of the molecule is CC(C)N=Cc1cccc(C(C)(c2ccccc2)c2ccccc2)c1O. The van der Waals surface area contributed by atoms with Gasteiger partial charge in [0.15, 0.2) is 0 Å². The van der Waals surface area contributed by atoms with Gasteiger partial charge in [-0.15, -0.1) is 0 Å². The topological polar surface area (TPSA) is 32.6 Å². The Morgan fingerprint density at radius 1 is 0.808 bits per heavy atom. The number of nitrogens with zero attached hydrogens (tertiary/aromatic N) is 1. The number of aliphatic imine (C=N–C) groups is 1. The highest BCUT2D eigenvalue weighted by molar-refractivity contribution is 5.84. The van der Waals surface area contributed by atoms with Crippen LogP contribution in [0.4, 0.5) is 0 Å². The van der Waals surface area contributed by atoms with Crippen molar-refractivity contribution in [1.29, 1.82) is 0 Å². The van der Waals surface area contributed by atoms with Gasteiger partial charge in [-0.25, -0.2) is 0 Å². The van der Waals surface area contributed by atoms with Gasteiger partial charge in [0.25, 0.3) is 0 Å². The normalized spacial score (nSPS) is 12.0. The zero-order chi connectivity index (χ0) is 18.6. The third-order valence-electron chi connectivity index (χ3n) is 4.82. The molecule has 0 aliphatic carbocycles. The second-order valence-electron chi connectivity index (χ2n) is 6.97. The van der Waals surface area contributed by atoms with E-state index >= 15 is 0 Å². The molecule has 0 fully saturated rings. The van der Waals surface area contributed by atoms with Crippen LogP contribution in [0.3, 0.4) is 0 Å². The summed E-state index contributed by atoms with van der Waals surface area (Å²) in [5, 5.41) is 11.1. The van der Waals surface area contributed by atoms with Crippen LogP contribution in [0.5, 0.6) is 5.75 Å². The lowest BCUT2D eigenvalue weighted by atomic mass is 9.70. The van der Waals surface area contributed by atoms with Crippen molar-refractivity contribution in [2.45, 2.75) is 32.2 Å². The summed E-state index contributed by atoms with van der Waals surface area (Å²) in [6.07, 6.45) is 1.76. The van der Waals surface area contributed by atoms with Gasteiger partial charge in [0.1, 0.15) is 5.75 Å². The van der Waals surface area contributed by atoms with Gasteiger partial charge < -0.3 is 5.11 Å². The van der Waals surface area contributed by atoms with E-state index in [-0.39, 0.29) is 11.8 Å². The lowest BCUT2D eigenvalue weighted by Gasteiger charge is -2.32. The van der Waals surface area contributed by atoms with Crippen molar-refractivity contribution in [3.8, 4) is 5.75 Å². The van der Waals surface area contributed by atoms with Crippen LogP contribution in [0, 0.1) is 0 Å². The molecule has 1 N–H and O–H groups in total. The number of rotatable bonds is 5. The lowest BCUT2D eigenvalue weighted by molar-refractivity contribution is 0.456. The first-order chi connectivity index (χ1) is 12.5. The summed E-state index contributed by atoms with van der Waals surface area (Å²) < 4.78 is 0. The Kier molecular flexibility index (Phi) is 5.22. The zero-order valence-electron chi connectivity index (χ0n) is 15.6. The summed E-state index contributed by atoms with van der Waals surface area (Å²) >= 11 is 0. The molecular weight excluding hydrogens is 318 g/mol. The Balaban J connectivity index is 2.23. The van der Waals surface area contributed by atoms with Gasteiger partial charge in [0, 0.05) is 28.8 Å². The highest BCUT2D eigenvalue weighted by atomic mass is 16.3. The molecule has 3 aromatic carbocycles. The number of phenolic OH excluding ortho intramolecular Hbond substituents is 1. The van der Waals surface area contributed by atoms with E-state index in [0.29, 0.717) is 0 Å². The van der Waals surface area contributed by atoms with Crippen LogP contribution < -0.4 is 0 Å². The first-order valence-corrected chi connectivity index (χ1v) is 9.00. The van der Waals surface area contributed by atoms with Crippen LogP contribution in [0.25, 0.3) is 0 Å². The minimum Gasteiger partial charge on any atom is -0.507 e. The van der Waals surface area contributed by atoms with Gasteiger partial charge in [-0.1, -0.05) is 72.8 Å². The molecule has 0 atom stereocenters. The molecule has 0 radical (unpaired) electrons. The quantitative estimate of drug-likeness (QED) is 0.476. The summed E-state index contributed by atoms with van der Waals surface area (Å²) in [6.45, 7) is 6.21. The molecule has 2 heteroatoms. The second-order valence-corrected chi connectivity index (χ2v) is 6.97. The Hall–Kier alpha value is -2.87. The largest absolute Gasteiger partial charge is 0.507 e. The standard InChI is InChI=1S/C24H25NO/c1-18(2)25-17-19-11-10-16-22(23(19)26)24(3,20-12-6-4-7-13-20)21-14-8-5-9-15-21/h4-18,26H,1-3H3. The van der Waals surface area contributed by atoms with Crippen molar-refractivity contribution < 1.29 is 5.11 Å². The average molecular weight is 343 g/mol. The van der Waals surface area contributed by atoms with Crippen molar-refractivity contribution in [2.24, 2.45) is 4.99 Å². The first kappa shape index (κ1) is 17.9. The molecule has 3 aromatic rings. The molecule has 0 heterocycles. The molecule has 0 saturated heterocycles. The number of hydrogen-bond acceptors (Lipinski definition) is 2. The lowest BCUT2D eigenvalue weighted by Crippen LogP contribution is -2.25. The van der Waals surface area contributed by atoms with E-state index in [1.54, 1.807) is 6.21 Å². The molecule has 0 aromatic heterocycles. The van der Waals surface area contributed by atoms with E-state index < -0.39 is 5.41 Å². The highest BCUT2D eigenvalue weighted by Gasteiger charge is 2.33. The second kappa shape index (κ2) is 7.57. The number of benzene rings is 3. The molecule has 0 bridgehead atoms. The van der Waals surface area contributed by atoms with Crippen LogP contribution in [-0.2, 0) is 5.41 Å². The Morgan fingerprint density at radius 2 is 1.35 bits per heavy atom. The van der Waals surface area contributed by atoms with E-state index in [1.165, 1.54) is 0 Å². The van der Waals surface area contributed by atoms with Crippen LogP contribution in [0.1, 0.15) is 43.0 Å². The van der Waals surface area contributed by atoms with Gasteiger partial charge in [0.05, 0.1) is 0 Å². The minimum absolute atomic E-state index is 0.188. The molecular formula is C24H25NO. The third kappa shape index (κ3) is 3.41. The highest BCUT2D eigenvalue weighted by Crippen LogP contribution is 2.43. The number of para-hydroxylation sites is 1. The molecule has 26 heavy (non-hydrogen) atoms. The van der Waals surface area contributed by atoms with Crippen molar-refractivity contribution in [3.05, 3.63) is 101 Å². The Morgan fingerprint density at radius 3 is 1.85 bits per heavy atom.